The molecule has 0 saturated heterocycles. The minimum Gasteiger partial charge on any atom is -0.0546 e. The quantitative estimate of drug-likeness (QED) is 0.545. The third kappa shape index (κ3) is 1.48. The molecule has 0 N–H and O–H groups in total. The number of aryl methyl sites for hydroxylation is 2. The van der Waals surface area contributed by atoms with E-state index in [4.69, 9.17) is 0 Å². The lowest BCUT2D eigenvalue weighted by atomic mass is 9.65. The van der Waals surface area contributed by atoms with Crippen LogP contribution in [-0.2, 0) is 10.8 Å². The Bertz CT molecular complexity index is 781. The summed E-state index contributed by atoms with van der Waals surface area (Å²) in [5.74, 6) is 0. The van der Waals surface area contributed by atoms with Gasteiger partial charge in [-0.2, -0.15) is 0 Å². The van der Waals surface area contributed by atoms with Crippen LogP contribution in [0.15, 0.2) is 24.3 Å². The van der Waals surface area contributed by atoms with E-state index in [-0.39, 0.29) is 5.41 Å². The van der Waals surface area contributed by atoms with E-state index >= 15 is 0 Å². The van der Waals surface area contributed by atoms with Crippen LogP contribution in [0.2, 0.25) is 0 Å². The molecule has 1 saturated carbocycles. The van der Waals surface area contributed by atoms with Gasteiger partial charge in [-0.25, -0.2) is 0 Å². The van der Waals surface area contributed by atoms with Crippen molar-refractivity contribution in [2.75, 3.05) is 0 Å². The fourth-order valence-corrected chi connectivity index (χ4v) is 5.84. The topological polar surface area (TPSA) is 0 Å². The van der Waals surface area contributed by atoms with Crippen molar-refractivity contribution in [1.82, 2.24) is 0 Å². The molecule has 3 aliphatic rings. The second-order valence-electron chi connectivity index (χ2n) is 8.74. The van der Waals surface area contributed by atoms with Crippen LogP contribution >= 0.6 is 0 Å². The first kappa shape index (κ1) is 13.8. The lowest BCUT2D eigenvalue weighted by Gasteiger charge is -2.38. The molecule has 1 fully saturated rings. The summed E-state index contributed by atoms with van der Waals surface area (Å²) in [6.45, 7) is 9.41. The first-order valence-electron chi connectivity index (χ1n) is 9.27. The van der Waals surface area contributed by atoms with Gasteiger partial charge in [-0.1, -0.05) is 68.5 Å². The molecule has 2 aromatic carbocycles. The van der Waals surface area contributed by atoms with Crippen molar-refractivity contribution >= 4 is 0 Å². The van der Waals surface area contributed by atoms with E-state index in [0.29, 0.717) is 5.41 Å². The predicted octanol–water partition coefficient (Wildman–Crippen LogP) is 6.17. The Balaban J connectivity index is 1.95. The molecule has 1 spiro atoms. The van der Waals surface area contributed by atoms with Crippen molar-refractivity contribution in [3.63, 3.8) is 0 Å². The maximum atomic E-state index is 2.52. The second kappa shape index (κ2) is 4.09. The van der Waals surface area contributed by atoms with Crippen LogP contribution in [0.1, 0.15) is 79.3 Å². The van der Waals surface area contributed by atoms with E-state index in [9.17, 15) is 0 Å². The molecule has 23 heavy (non-hydrogen) atoms. The van der Waals surface area contributed by atoms with Gasteiger partial charge >= 0.3 is 0 Å². The number of fused-ring (bicyclic) bond motifs is 2. The molecule has 2 aromatic rings. The van der Waals surface area contributed by atoms with Crippen LogP contribution in [0, 0.1) is 13.8 Å². The minimum atomic E-state index is 0.155. The van der Waals surface area contributed by atoms with E-state index in [1.807, 2.05) is 0 Å². The van der Waals surface area contributed by atoms with Gasteiger partial charge in [0.2, 0.25) is 0 Å². The second-order valence-corrected chi connectivity index (χ2v) is 8.74. The molecule has 0 radical (unpaired) electrons. The summed E-state index contributed by atoms with van der Waals surface area (Å²) in [5, 5.41) is 0. The molecule has 0 aliphatic heterocycles. The molecule has 0 heteroatoms. The summed E-state index contributed by atoms with van der Waals surface area (Å²) in [5.41, 5.74) is 13.1. The van der Waals surface area contributed by atoms with Gasteiger partial charge in [-0.05, 0) is 60.1 Å². The van der Waals surface area contributed by atoms with E-state index in [1.54, 1.807) is 33.4 Å². The van der Waals surface area contributed by atoms with Gasteiger partial charge in [-0.15, -0.1) is 0 Å². The lowest BCUT2D eigenvalue weighted by Crippen LogP contribution is -2.30. The number of rotatable bonds is 0. The molecule has 0 amide bonds. The Labute approximate surface area is 139 Å². The van der Waals surface area contributed by atoms with Crippen molar-refractivity contribution in [3.8, 4) is 11.1 Å². The molecule has 5 rings (SSSR count). The number of hydrogen-bond donors (Lipinski definition) is 0. The largest absolute Gasteiger partial charge is 0.0546 e. The zero-order valence-electron chi connectivity index (χ0n) is 14.8. The van der Waals surface area contributed by atoms with Crippen LogP contribution in [0.3, 0.4) is 0 Å². The lowest BCUT2D eigenvalue weighted by molar-refractivity contribution is 0.351. The Hall–Kier alpha value is -1.56. The average molecular weight is 302 g/mol. The van der Waals surface area contributed by atoms with Gasteiger partial charge < -0.3 is 0 Å². The van der Waals surface area contributed by atoms with Crippen molar-refractivity contribution in [3.05, 3.63) is 57.6 Å². The molecule has 3 aliphatic carbocycles. The highest BCUT2D eigenvalue weighted by atomic mass is 14.5. The van der Waals surface area contributed by atoms with Crippen LogP contribution in [0.4, 0.5) is 0 Å². The van der Waals surface area contributed by atoms with E-state index in [1.165, 1.54) is 43.2 Å². The van der Waals surface area contributed by atoms with Crippen LogP contribution in [0.5, 0.6) is 0 Å². The van der Waals surface area contributed by atoms with Gasteiger partial charge in [0.15, 0.2) is 0 Å². The first-order valence-corrected chi connectivity index (χ1v) is 9.27. The fraction of sp³-hybridized carbons (Fsp3) is 0.478. The van der Waals surface area contributed by atoms with Crippen molar-refractivity contribution in [2.45, 2.75) is 70.6 Å². The molecule has 0 bridgehead atoms. The monoisotopic (exact) mass is 302 g/mol. The standard InChI is InChI=1S/C23H26/c1-14-10-16-20-18(12-14)23(8-6-5-7-9-23)19-13-15(2)11-17(21(19)20)22(16,3)4/h10-13H,5-9H2,1-4H3. The Kier molecular flexibility index (Phi) is 2.46. The van der Waals surface area contributed by atoms with Crippen LogP contribution in [-0.4, -0.2) is 0 Å². The minimum absolute atomic E-state index is 0.155. The van der Waals surface area contributed by atoms with Crippen molar-refractivity contribution < 1.29 is 0 Å². The van der Waals surface area contributed by atoms with E-state index < -0.39 is 0 Å². The summed E-state index contributed by atoms with van der Waals surface area (Å²) in [6, 6.07) is 9.95. The molecule has 0 atom stereocenters. The SMILES string of the molecule is Cc1cc2c3c(c1)C1(CCCCC1)c1cc(C)cc(c1-3)C2(C)C. The maximum Gasteiger partial charge on any atom is 0.0215 e. The van der Waals surface area contributed by atoms with Gasteiger partial charge in [0.05, 0.1) is 0 Å². The Morgan fingerprint density at radius 2 is 1.09 bits per heavy atom. The molecule has 118 valence electrons. The summed E-state index contributed by atoms with van der Waals surface area (Å²) >= 11 is 0. The summed E-state index contributed by atoms with van der Waals surface area (Å²) in [6.07, 6.45) is 6.87. The molecule has 0 unspecified atom stereocenters. The zero-order chi connectivity index (χ0) is 16.0. The first-order chi connectivity index (χ1) is 10.9. The average Bonchev–Trinajstić information content (AvgIpc) is 2.89. The number of hydrogen-bond acceptors (Lipinski definition) is 0. The van der Waals surface area contributed by atoms with Gasteiger partial charge in [0, 0.05) is 10.8 Å². The van der Waals surface area contributed by atoms with Gasteiger partial charge in [0.25, 0.3) is 0 Å². The third-order valence-corrected chi connectivity index (χ3v) is 6.90. The van der Waals surface area contributed by atoms with Gasteiger partial charge in [0.1, 0.15) is 0 Å². The smallest absolute Gasteiger partial charge is 0.0215 e. The zero-order valence-corrected chi connectivity index (χ0v) is 14.8. The molecular weight excluding hydrogens is 276 g/mol. The fourth-order valence-electron chi connectivity index (χ4n) is 5.84. The molecular formula is C23H26. The molecule has 0 nitrogen and oxygen atoms in total. The number of benzene rings is 2. The third-order valence-electron chi connectivity index (χ3n) is 6.90. The maximum absolute atomic E-state index is 2.52. The normalized spacial score (nSPS) is 21.7. The van der Waals surface area contributed by atoms with Gasteiger partial charge in [-0.3, -0.25) is 0 Å². The Morgan fingerprint density at radius 1 is 0.652 bits per heavy atom. The highest BCUT2D eigenvalue weighted by Crippen LogP contribution is 2.64. The van der Waals surface area contributed by atoms with E-state index in [2.05, 4.69) is 52.0 Å². The Morgan fingerprint density at radius 3 is 1.57 bits per heavy atom. The van der Waals surface area contributed by atoms with Crippen LogP contribution < -0.4 is 0 Å². The van der Waals surface area contributed by atoms with Crippen LogP contribution in [0.25, 0.3) is 11.1 Å². The summed E-state index contributed by atoms with van der Waals surface area (Å²) in [4.78, 5) is 0. The van der Waals surface area contributed by atoms with Crippen molar-refractivity contribution in [1.29, 1.82) is 0 Å². The van der Waals surface area contributed by atoms with E-state index in [0.717, 1.165) is 0 Å². The summed E-state index contributed by atoms with van der Waals surface area (Å²) < 4.78 is 0. The highest BCUT2D eigenvalue weighted by Gasteiger charge is 2.51. The highest BCUT2D eigenvalue weighted by molar-refractivity contribution is 5.92. The van der Waals surface area contributed by atoms with Crippen molar-refractivity contribution in [2.24, 2.45) is 0 Å². The molecule has 0 heterocycles. The summed E-state index contributed by atoms with van der Waals surface area (Å²) in [7, 11) is 0. The predicted molar refractivity (Wildman–Crippen MR) is 97.3 cm³/mol. The molecule has 0 aromatic heterocycles.